The number of rotatable bonds is 6. The third-order valence-electron chi connectivity index (χ3n) is 8.78. The second kappa shape index (κ2) is 11.6. The van der Waals surface area contributed by atoms with Crippen molar-refractivity contribution >= 4 is 38.2 Å². The molecule has 11 heteroatoms. The molecule has 1 amide bonds. The molecule has 3 aromatic rings. The van der Waals surface area contributed by atoms with Gasteiger partial charge in [-0.05, 0) is 49.2 Å². The molecule has 1 saturated carbocycles. The zero-order chi connectivity index (χ0) is 29.5. The van der Waals surface area contributed by atoms with Gasteiger partial charge in [0.05, 0.1) is 23.8 Å². The minimum absolute atomic E-state index is 0.0576. The van der Waals surface area contributed by atoms with Gasteiger partial charge in [0, 0.05) is 83.6 Å². The number of ether oxygens (including phenoxy) is 1. The van der Waals surface area contributed by atoms with Gasteiger partial charge in [0.2, 0.25) is 3.79 Å². The zero-order valence-corrected chi connectivity index (χ0v) is 25.2. The summed E-state index contributed by atoms with van der Waals surface area (Å²) < 4.78 is 47.5. The third-order valence-corrected chi connectivity index (χ3v) is 9.40. The van der Waals surface area contributed by atoms with Gasteiger partial charge in [0.25, 0.3) is 0 Å². The van der Waals surface area contributed by atoms with Crippen LogP contribution in [0.25, 0.3) is 11.3 Å². The molecule has 0 unspecified atom stereocenters. The summed E-state index contributed by atoms with van der Waals surface area (Å²) in [6, 6.07) is 12.5. The monoisotopic (exact) mass is 692 g/mol. The van der Waals surface area contributed by atoms with Crippen LogP contribution in [0.15, 0.2) is 54.7 Å². The average Bonchev–Trinajstić information content (AvgIpc) is 3.55. The molecule has 0 atom stereocenters. The average molecular weight is 693 g/mol. The van der Waals surface area contributed by atoms with E-state index in [1.165, 1.54) is 18.6 Å². The number of carbonyl (C=O) groups is 2. The molecule has 2 aromatic carbocycles. The summed E-state index contributed by atoms with van der Waals surface area (Å²) in [6.45, 7) is 2.49. The Kier molecular flexibility index (Phi) is 8.07. The number of hydrogen-bond donors (Lipinski definition) is 0. The van der Waals surface area contributed by atoms with Crippen LogP contribution in [0.2, 0.25) is 0 Å². The van der Waals surface area contributed by atoms with Crippen LogP contribution < -0.4 is 4.90 Å². The fourth-order valence-electron chi connectivity index (χ4n) is 6.35. The van der Waals surface area contributed by atoms with Crippen LogP contribution in [0.3, 0.4) is 0 Å². The Morgan fingerprint density at radius 2 is 1.67 bits per heavy atom. The maximum Gasteiger partial charge on any atom is 0.416 e. The predicted octanol–water partition coefficient (Wildman–Crippen LogP) is 7.64. The Balaban J connectivity index is 1.16. The molecular formula is C31H32F3IN4O3. The van der Waals surface area contributed by atoms with E-state index < -0.39 is 17.3 Å². The first kappa shape index (κ1) is 29.2. The predicted molar refractivity (Wildman–Crippen MR) is 161 cm³/mol. The number of anilines is 1. The number of halogens is 4. The van der Waals surface area contributed by atoms with Crippen LogP contribution >= 0.6 is 22.6 Å². The van der Waals surface area contributed by atoms with E-state index in [-0.39, 0.29) is 9.88 Å². The van der Waals surface area contributed by atoms with Crippen molar-refractivity contribution in [1.82, 2.24) is 14.7 Å². The van der Waals surface area contributed by atoms with Crippen LogP contribution in [0.1, 0.15) is 72.5 Å². The molecule has 3 aliphatic rings. The summed E-state index contributed by atoms with van der Waals surface area (Å²) in [4.78, 5) is 28.4. The van der Waals surface area contributed by atoms with Crippen molar-refractivity contribution in [3.05, 3.63) is 71.4 Å². The third kappa shape index (κ3) is 6.08. The number of amides is 1. The SMILES string of the molecule is O=C(I)c1ccc(N2CC3(CCN(Cc4cn(C5CCCCC5)nc4-c4ccc(C(F)(F)F)cc4)CC3)OC2=O)cc1. The molecule has 3 heterocycles. The van der Waals surface area contributed by atoms with Crippen molar-refractivity contribution in [2.24, 2.45) is 0 Å². The number of alkyl halides is 3. The second-order valence-corrected chi connectivity index (χ2v) is 12.6. The summed E-state index contributed by atoms with van der Waals surface area (Å²) in [5.41, 5.74) is 2.43. The van der Waals surface area contributed by atoms with Gasteiger partial charge in [-0.1, -0.05) is 31.4 Å². The van der Waals surface area contributed by atoms with Gasteiger partial charge < -0.3 is 4.74 Å². The highest BCUT2D eigenvalue weighted by Gasteiger charge is 2.47. The van der Waals surface area contributed by atoms with E-state index in [0.717, 1.165) is 49.1 Å². The van der Waals surface area contributed by atoms with E-state index in [1.54, 1.807) is 51.8 Å². The van der Waals surface area contributed by atoms with E-state index in [9.17, 15) is 22.8 Å². The van der Waals surface area contributed by atoms with E-state index in [2.05, 4.69) is 11.1 Å². The lowest BCUT2D eigenvalue weighted by atomic mass is 9.91. The fourth-order valence-corrected chi connectivity index (χ4v) is 6.71. The Hall–Kier alpha value is -2.93. The van der Waals surface area contributed by atoms with Gasteiger partial charge in [0.1, 0.15) is 5.60 Å². The maximum atomic E-state index is 13.2. The van der Waals surface area contributed by atoms with Crippen molar-refractivity contribution in [3.63, 3.8) is 0 Å². The Labute approximate surface area is 256 Å². The van der Waals surface area contributed by atoms with Crippen LogP contribution in [-0.4, -0.2) is 49.8 Å². The molecule has 1 aliphatic carbocycles. The van der Waals surface area contributed by atoms with E-state index in [0.29, 0.717) is 61.9 Å². The second-order valence-electron chi connectivity index (χ2n) is 11.6. The first-order valence-corrected chi connectivity index (χ1v) is 15.5. The number of hydrogen-bond acceptors (Lipinski definition) is 5. The maximum absolute atomic E-state index is 13.2. The van der Waals surface area contributed by atoms with E-state index in [4.69, 9.17) is 9.84 Å². The molecule has 6 rings (SSSR count). The highest BCUT2D eigenvalue weighted by Crippen LogP contribution is 2.38. The van der Waals surface area contributed by atoms with Crippen molar-refractivity contribution in [2.75, 3.05) is 24.5 Å². The lowest BCUT2D eigenvalue weighted by molar-refractivity contribution is -0.137. The highest BCUT2D eigenvalue weighted by molar-refractivity contribution is 14.1. The summed E-state index contributed by atoms with van der Waals surface area (Å²) in [6.07, 6.45) is 4.29. The molecule has 42 heavy (non-hydrogen) atoms. The van der Waals surface area contributed by atoms with Crippen LogP contribution in [0, 0.1) is 0 Å². The zero-order valence-electron chi connectivity index (χ0n) is 23.1. The van der Waals surface area contributed by atoms with Crippen LogP contribution in [-0.2, 0) is 17.5 Å². The largest absolute Gasteiger partial charge is 0.441 e. The fraction of sp³-hybridized carbons (Fsp3) is 0.452. The topological polar surface area (TPSA) is 67.7 Å². The number of likely N-dealkylation sites (tertiary alicyclic amines) is 1. The molecule has 7 nitrogen and oxygen atoms in total. The molecule has 0 bridgehead atoms. The summed E-state index contributed by atoms with van der Waals surface area (Å²) in [5.74, 6) is 0. The van der Waals surface area contributed by atoms with Crippen molar-refractivity contribution in [2.45, 2.75) is 69.3 Å². The number of piperidine rings is 1. The molecule has 3 fully saturated rings. The molecule has 2 saturated heterocycles. The number of aromatic nitrogens is 2. The summed E-state index contributed by atoms with van der Waals surface area (Å²) in [5, 5.41) is 4.91. The highest BCUT2D eigenvalue weighted by atomic mass is 127. The Morgan fingerprint density at radius 3 is 2.29 bits per heavy atom. The lowest BCUT2D eigenvalue weighted by Gasteiger charge is -2.37. The van der Waals surface area contributed by atoms with Crippen molar-refractivity contribution in [1.29, 1.82) is 0 Å². The molecule has 222 valence electrons. The van der Waals surface area contributed by atoms with E-state index in [1.807, 2.05) is 4.68 Å². The molecule has 1 spiro atoms. The van der Waals surface area contributed by atoms with Gasteiger partial charge in [-0.3, -0.25) is 19.3 Å². The number of carbonyl (C=O) groups excluding carboxylic acids is 2. The van der Waals surface area contributed by atoms with Crippen LogP contribution in [0.5, 0.6) is 0 Å². The normalized spacial score (nSPS) is 19.8. The first-order chi connectivity index (χ1) is 20.1. The van der Waals surface area contributed by atoms with Gasteiger partial charge >= 0.3 is 12.3 Å². The van der Waals surface area contributed by atoms with Crippen molar-refractivity contribution in [3.8, 4) is 11.3 Å². The Bertz CT molecular complexity index is 1440. The molecule has 0 N–H and O–H groups in total. The minimum atomic E-state index is -4.39. The van der Waals surface area contributed by atoms with Gasteiger partial charge in [-0.15, -0.1) is 0 Å². The molecule has 2 aliphatic heterocycles. The number of nitrogens with zero attached hydrogens (tertiary/aromatic N) is 4. The first-order valence-electron chi connectivity index (χ1n) is 14.4. The summed E-state index contributed by atoms with van der Waals surface area (Å²) >= 11 is 1.74. The van der Waals surface area contributed by atoms with E-state index >= 15 is 0 Å². The quantitative estimate of drug-likeness (QED) is 0.196. The lowest BCUT2D eigenvalue weighted by Crippen LogP contribution is -2.46. The standard InChI is InChI=1S/C31H32F3IN4O3/c32-31(33,34)24-10-6-21(7-11-24)27-23(19-39(36-27)26-4-2-1-3-5-26)18-37-16-14-30(15-17-37)20-38(29(41)42-30)25-12-8-22(9-13-25)28(35)40/h6-13,19,26H,1-5,14-18,20H2. The molecular weight excluding hydrogens is 660 g/mol. The summed E-state index contributed by atoms with van der Waals surface area (Å²) in [7, 11) is 0. The molecule has 1 aromatic heterocycles. The van der Waals surface area contributed by atoms with Gasteiger partial charge in [-0.2, -0.15) is 18.3 Å². The smallest absolute Gasteiger partial charge is 0.416 e. The van der Waals surface area contributed by atoms with Crippen LogP contribution in [0.4, 0.5) is 23.7 Å². The van der Waals surface area contributed by atoms with Gasteiger partial charge in [-0.25, -0.2) is 4.79 Å². The Morgan fingerprint density at radius 1 is 1.00 bits per heavy atom. The molecule has 0 radical (unpaired) electrons. The number of benzene rings is 2. The van der Waals surface area contributed by atoms with Crippen molar-refractivity contribution < 1.29 is 27.5 Å². The van der Waals surface area contributed by atoms with Gasteiger partial charge in [0.15, 0.2) is 0 Å². The minimum Gasteiger partial charge on any atom is -0.441 e.